The highest BCUT2D eigenvalue weighted by Crippen LogP contribution is 2.34. The van der Waals surface area contributed by atoms with Crippen molar-refractivity contribution in [2.75, 3.05) is 44.4 Å². The molecule has 46 heavy (non-hydrogen) atoms. The van der Waals surface area contributed by atoms with Crippen molar-refractivity contribution in [2.45, 2.75) is 19.9 Å². The number of benzene rings is 2. The smallest absolute Gasteiger partial charge is 0.253 e. The summed E-state index contributed by atoms with van der Waals surface area (Å²) in [6.45, 7) is 5.98. The molecule has 5 aromatic rings. The van der Waals surface area contributed by atoms with Crippen LogP contribution in [-0.2, 0) is 4.79 Å². The van der Waals surface area contributed by atoms with Gasteiger partial charge in [-0.05, 0) is 68.9 Å². The lowest BCUT2D eigenvalue weighted by Gasteiger charge is -2.18. The number of carbonyl (C=O) groups is 2. The fourth-order valence-electron chi connectivity index (χ4n) is 5.69. The number of carbonyl (C=O) groups excluding carboxylic acids is 2. The van der Waals surface area contributed by atoms with Gasteiger partial charge in [-0.1, -0.05) is 49.4 Å². The molecule has 4 heterocycles. The van der Waals surface area contributed by atoms with Gasteiger partial charge in [-0.2, -0.15) is 5.10 Å². The molecule has 1 fully saturated rings. The standard InChI is InChI=1S/C36H38N8O2/c1-24-12-17-31-33(34(41-44(31)21-24)26-9-6-5-7-10-26)29-18-19-37-36(39-29)40-30-23-43(22-25(30)2)35(46)27-13-15-28(16-14-27)38-32(45)11-8-20-42(3)4/h5-19,21,25,30H,20,22-23H2,1-4H3,(H,38,45)(H,37,39,40)/b11-8+/t25-,30+/m0/s1. The Hall–Kier alpha value is -5.35. The first-order chi connectivity index (χ1) is 22.2. The van der Waals surface area contributed by atoms with E-state index in [2.05, 4.69) is 46.8 Å². The summed E-state index contributed by atoms with van der Waals surface area (Å²) in [6.07, 6.45) is 7.10. The molecule has 0 unspecified atom stereocenters. The zero-order valence-electron chi connectivity index (χ0n) is 26.5. The van der Waals surface area contributed by atoms with Gasteiger partial charge in [0.2, 0.25) is 11.9 Å². The molecule has 0 aliphatic carbocycles. The van der Waals surface area contributed by atoms with Gasteiger partial charge >= 0.3 is 0 Å². The van der Waals surface area contributed by atoms with Gasteiger partial charge in [-0.25, -0.2) is 14.5 Å². The van der Waals surface area contributed by atoms with Gasteiger partial charge in [0.1, 0.15) is 5.69 Å². The quantitative estimate of drug-likeness (QED) is 0.214. The predicted molar refractivity (Wildman–Crippen MR) is 182 cm³/mol. The molecule has 0 radical (unpaired) electrons. The first kappa shape index (κ1) is 30.7. The van der Waals surface area contributed by atoms with Crippen molar-refractivity contribution in [3.05, 3.63) is 108 Å². The maximum atomic E-state index is 13.4. The lowest BCUT2D eigenvalue weighted by atomic mass is 10.0. The van der Waals surface area contributed by atoms with Crippen LogP contribution in [0.4, 0.5) is 11.6 Å². The zero-order valence-corrected chi connectivity index (χ0v) is 26.5. The van der Waals surface area contributed by atoms with Crippen LogP contribution in [0, 0.1) is 12.8 Å². The highest BCUT2D eigenvalue weighted by atomic mass is 16.2. The Morgan fingerprint density at radius 3 is 2.54 bits per heavy atom. The van der Waals surface area contributed by atoms with Crippen molar-refractivity contribution in [2.24, 2.45) is 5.92 Å². The van der Waals surface area contributed by atoms with Crippen molar-refractivity contribution >= 4 is 29.0 Å². The minimum atomic E-state index is -0.206. The Bertz CT molecular complexity index is 1880. The first-order valence-corrected chi connectivity index (χ1v) is 15.4. The number of likely N-dealkylation sites (tertiary alicyclic amines) is 1. The van der Waals surface area contributed by atoms with Crippen LogP contribution in [0.15, 0.2) is 97.3 Å². The molecule has 3 aromatic heterocycles. The highest BCUT2D eigenvalue weighted by Gasteiger charge is 2.33. The van der Waals surface area contributed by atoms with E-state index in [0.29, 0.717) is 36.8 Å². The van der Waals surface area contributed by atoms with Crippen molar-refractivity contribution in [3.8, 4) is 22.5 Å². The molecule has 0 spiro atoms. The number of fused-ring (bicyclic) bond motifs is 1. The summed E-state index contributed by atoms with van der Waals surface area (Å²) in [7, 11) is 3.88. The molecular formula is C36H38N8O2. The maximum Gasteiger partial charge on any atom is 0.253 e. The van der Waals surface area contributed by atoms with Gasteiger partial charge < -0.3 is 20.4 Å². The molecule has 2 aromatic carbocycles. The van der Waals surface area contributed by atoms with E-state index in [1.165, 1.54) is 6.08 Å². The average molecular weight is 615 g/mol. The molecule has 234 valence electrons. The molecule has 1 saturated heterocycles. The average Bonchev–Trinajstić information content (AvgIpc) is 3.61. The number of aromatic nitrogens is 4. The Kier molecular flexibility index (Phi) is 8.89. The normalized spacial score (nSPS) is 16.4. The predicted octanol–water partition coefficient (Wildman–Crippen LogP) is 5.40. The fraction of sp³-hybridized carbons (Fsp3) is 0.250. The van der Waals surface area contributed by atoms with Gasteiger partial charge in [-0.3, -0.25) is 9.59 Å². The molecule has 0 bridgehead atoms. The minimum absolute atomic E-state index is 0.0214. The van der Waals surface area contributed by atoms with Crippen LogP contribution < -0.4 is 10.6 Å². The second-order valence-electron chi connectivity index (χ2n) is 12.1. The Balaban J connectivity index is 1.16. The molecule has 2 atom stereocenters. The molecule has 10 nitrogen and oxygen atoms in total. The van der Waals surface area contributed by atoms with E-state index >= 15 is 0 Å². The summed E-state index contributed by atoms with van der Waals surface area (Å²) in [5.74, 6) is 0.434. The van der Waals surface area contributed by atoms with Gasteiger partial charge in [0.25, 0.3) is 5.91 Å². The highest BCUT2D eigenvalue weighted by molar-refractivity contribution is 6.00. The monoisotopic (exact) mass is 614 g/mol. The fourth-order valence-corrected chi connectivity index (χ4v) is 5.69. The SMILES string of the molecule is Cc1ccc2c(-c3ccnc(N[C@@H]4CN(C(=O)c5ccc(NC(=O)/C=C/CN(C)C)cc5)C[C@@H]4C)n3)c(-c3ccccc3)nn2c1. The summed E-state index contributed by atoms with van der Waals surface area (Å²) in [5, 5.41) is 11.3. The third-order valence-electron chi connectivity index (χ3n) is 8.09. The third kappa shape index (κ3) is 6.82. The van der Waals surface area contributed by atoms with Crippen molar-refractivity contribution in [3.63, 3.8) is 0 Å². The molecule has 0 saturated carbocycles. The van der Waals surface area contributed by atoms with Crippen LogP contribution >= 0.6 is 0 Å². The van der Waals surface area contributed by atoms with Gasteiger partial charge in [0.05, 0.1) is 22.8 Å². The molecule has 10 heteroatoms. The number of aryl methyl sites for hydroxylation is 1. The van der Waals surface area contributed by atoms with Crippen LogP contribution in [0.25, 0.3) is 28.0 Å². The Labute approximate surface area is 268 Å². The van der Waals surface area contributed by atoms with E-state index < -0.39 is 0 Å². The first-order valence-electron chi connectivity index (χ1n) is 15.4. The third-order valence-corrected chi connectivity index (χ3v) is 8.09. The minimum Gasteiger partial charge on any atom is -0.349 e. The summed E-state index contributed by atoms with van der Waals surface area (Å²) in [5.41, 5.74) is 6.87. The summed E-state index contributed by atoms with van der Waals surface area (Å²) in [6, 6.07) is 23.2. The second-order valence-corrected chi connectivity index (χ2v) is 12.1. The molecule has 1 aliphatic heterocycles. The molecule has 2 amide bonds. The number of anilines is 2. The summed E-state index contributed by atoms with van der Waals surface area (Å²) < 4.78 is 1.91. The van der Waals surface area contributed by atoms with E-state index in [1.54, 1.807) is 36.5 Å². The van der Waals surface area contributed by atoms with E-state index in [0.717, 1.165) is 33.6 Å². The number of hydrogen-bond acceptors (Lipinski definition) is 7. The van der Waals surface area contributed by atoms with E-state index in [4.69, 9.17) is 10.1 Å². The molecule has 6 rings (SSSR count). The lowest BCUT2D eigenvalue weighted by Crippen LogP contribution is -2.32. The van der Waals surface area contributed by atoms with Crippen LogP contribution in [-0.4, -0.2) is 81.0 Å². The van der Waals surface area contributed by atoms with Gasteiger partial charge in [0, 0.05) is 54.9 Å². The Morgan fingerprint density at radius 1 is 1.00 bits per heavy atom. The largest absolute Gasteiger partial charge is 0.349 e. The molecule has 2 N–H and O–H groups in total. The van der Waals surface area contributed by atoms with Gasteiger partial charge in [-0.15, -0.1) is 0 Å². The van der Waals surface area contributed by atoms with Crippen molar-refractivity contribution < 1.29 is 9.59 Å². The Morgan fingerprint density at radius 2 is 1.78 bits per heavy atom. The molecule has 1 aliphatic rings. The number of hydrogen-bond donors (Lipinski definition) is 2. The number of nitrogens with one attached hydrogen (secondary N) is 2. The summed E-state index contributed by atoms with van der Waals surface area (Å²) >= 11 is 0. The maximum absolute atomic E-state index is 13.4. The number of pyridine rings is 1. The van der Waals surface area contributed by atoms with Gasteiger partial charge in [0.15, 0.2) is 0 Å². The second kappa shape index (κ2) is 13.3. The van der Waals surface area contributed by atoms with Crippen LogP contribution in [0.3, 0.4) is 0 Å². The number of likely N-dealkylation sites (N-methyl/N-ethyl adjacent to an activating group) is 1. The van der Waals surface area contributed by atoms with Crippen molar-refractivity contribution in [1.29, 1.82) is 0 Å². The topological polar surface area (TPSA) is 108 Å². The lowest BCUT2D eigenvalue weighted by molar-refractivity contribution is -0.111. The number of nitrogens with zero attached hydrogens (tertiary/aromatic N) is 6. The van der Waals surface area contributed by atoms with Crippen molar-refractivity contribution in [1.82, 2.24) is 29.4 Å². The molecular weight excluding hydrogens is 576 g/mol. The van der Waals surface area contributed by atoms with Crippen LogP contribution in [0.1, 0.15) is 22.8 Å². The van der Waals surface area contributed by atoms with E-state index in [1.807, 2.05) is 65.8 Å². The number of rotatable bonds is 9. The zero-order chi connectivity index (χ0) is 32.2. The summed E-state index contributed by atoms with van der Waals surface area (Å²) in [4.78, 5) is 38.9. The van der Waals surface area contributed by atoms with E-state index in [9.17, 15) is 9.59 Å². The number of amides is 2. The van der Waals surface area contributed by atoms with Crippen LogP contribution in [0.2, 0.25) is 0 Å². The van der Waals surface area contributed by atoms with E-state index in [-0.39, 0.29) is 23.8 Å². The van der Waals surface area contributed by atoms with Crippen LogP contribution in [0.5, 0.6) is 0 Å².